The van der Waals surface area contributed by atoms with E-state index >= 15 is 0 Å². The largest absolute Gasteiger partial charge is 1.00 e. The molecular formula is C11H7KO2. The van der Waals surface area contributed by atoms with Gasteiger partial charge in [-0.15, -0.1) is 22.9 Å². The zero-order valence-electron chi connectivity index (χ0n) is 7.86. The van der Waals surface area contributed by atoms with Gasteiger partial charge < -0.3 is 9.59 Å². The van der Waals surface area contributed by atoms with E-state index in [0.29, 0.717) is 17.4 Å². The Morgan fingerprint density at radius 2 is 1.79 bits per heavy atom. The molecule has 2 nitrogen and oxygen atoms in total. The zero-order valence-corrected chi connectivity index (χ0v) is 11.0. The second-order valence-electron chi connectivity index (χ2n) is 2.84. The number of carbonyl (C=O) groups excluding carboxylic acids is 2. The topological polar surface area (TPSA) is 34.1 Å². The van der Waals surface area contributed by atoms with Gasteiger partial charge in [-0.2, -0.15) is 0 Å². The third-order valence-electron chi connectivity index (χ3n) is 2.12. The van der Waals surface area contributed by atoms with Crippen LogP contribution in [-0.2, 0) is 0 Å². The molecule has 0 aliphatic carbocycles. The Kier molecular flexibility index (Phi) is 4.28. The number of benzene rings is 1. The van der Waals surface area contributed by atoms with Crippen molar-refractivity contribution in [1.82, 2.24) is 0 Å². The maximum atomic E-state index is 10.7. The normalized spacial score (nSPS) is 9.43. The minimum absolute atomic E-state index is 0. The van der Waals surface area contributed by atoms with Crippen molar-refractivity contribution in [2.45, 2.75) is 0 Å². The molecule has 0 aliphatic rings. The molecule has 0 atom stereocenters. The fourth-order valence-electron chi connectivity index (χ4n) is 1.50. The molecule has 0 aliphatic heterocycles. The summed E-state index contributed by atoms with van der Waals surface area (Å²) in [6.07, 6.45) is 1.44. The Morgan fingerprint density at radius 3 is 2.43 bits per heavy atom. The summed E-state index contributed by atoms with van der Waals surface area (Å²) in [6.45, 7) is 0. The van der Waals surface area contributed by atoms with Crippen molar-refractivity contribution < 1.29 is 61.0 Å². The Balaban J connectivity index is 0.000000980. The molecule has 2 rings (SSSR count). The van der Waals surface area contributed by atoms with E-state index in [9.17, 15) is 9.59 Å². The van der Waals surface area contributed by atoms with Crippen molar-refractivity contribution in [1.29, 1.82) is 0 Å². The molecular weight excluding hydrogens is 203 g/mol. The first-order chi connectivity index (χ1) is 6.36. The van der Waals surface area contributed by atoms with Gasteiger partial charge in [-0.05, 0) is 0 Å². The van der Waals surface area contributed by atoms with Crippen LogP contribution in [0.4, 0.5) is 0 Å². The summed E-state index contributed by atoms with van der Waals surface area (Å²) in [4.78, 5) is 21.3. The van der Waals surface area contributed by atoms with Gasteiger partial charge in [0.25, 0.3) is 0 Å². The van der Waals surface area contributed by atoms with Crippen molar-refractivity contribution in [3.05, 3.63) is 41.5 Å². The van der Waals surface area contributed by atoms with E-state index < -0.39 is 0 Å². The Labute approximate surface area is 124 Å². The molecule has 0 N–H and O–H groups in total. The average molecular weight is 210 g/mol. The molecule has 64 valence electrons. The quantitative estimate of drug-likeness (QED) is 0.369. The molecule has 3 heteroatoms. The first-order valence-corrected chi connectivity index (χ1v) is 3.95. The summed E-state index contributed by atoms with van der Waals surface area (Å²) in [5, 5.41) is 1.78. The van der Waals surface area contributed by atoms with Gasteiger partial charge in [0.15, 0.2) is 0 Å². The molecule has 0 unspecified atom stereocenters. The summed E-state index contributed by atoms with van der Waals surface area (Å²) in [5.41, 5.74) is 0.960. The van der Waals surface area contributed by atoms with E-state index in [0.717, 1.165) is 17.1 Å². The first-order valence-electron chi connectivity index (χ1n) is 3.95. The Morgan fingerprint density at radius 1 is 1.07 bits per heavy atom. The molecule has 2 aromatic rings. The van der Waals surface area contributed by atoms with Crippen molar-refractivity contribution in [2.24, 2.45) is 0 Å². The van der Waals surface area contributed by atoms with E-state index in [2.05, 4.69) is 0 Å². The fraction of sp³-hybridized carbons (Fsp3) is 0. The van der Waals surface area contributed by atoms with E-state index in [4.69, 9.17) is 0 Å². The van der Waals surface area contributed by atoms with Gasteiger partial charge in [0, 0.05) is 0 Å². The molecule has 14 heavy (non-hydrogen) atoms. The van der Waals surface area contributed by atoms with Gasteiger partial charge in [-0.25, -0.2) is 0 Å². The minimum Gasteiger partial charge on any atom is -0.344 e. The van der Waals surface area contributed by atoms with Crippen LogP contribution >= 0.6 is 0 Å². The summed E-state index contributed by atoms with van der Waals surface area (Å²) < 4.78 is 0. The zero-order chi connectivity index (χ0) is 9.26. The SMILES string of the molecule is O=Cc1[cH-]c2ccccc2c1C=O.[K+]. The number of rotatable bonds is 2. The number of aldehydes is 2. The van der Waals surface area contributed by atoms with E-state index in [1.807, 2.05) is 24.3 Å². The second kappa shape index (κ2) is 5.05. The molecule has 0 radical (unpaired) electrons. The molecule has 0 amide bonds. The van der Waals surface area contributed by atoms with Crippen LogP contribution < -0.4 is 51.4 Å². The van der Waals surface area contributed by atoms with Gasteiger partial charge in [0.2, 0.25) is 0 Å². The van der Waals surface area contributed by atoms with E-state index in [1.54, 1.807) is 6.07 Å². The Bertz CT molecular complexity index is 471. The summed E-state index contributed by atoms with van der Waals surface area (Å²) in [5.74, 6) is 0. The maximum absolute atomic E-state index is 10.7. The van der Waals surface area contributed by atoms with Crippen molar-refractivity contribution in [2.75, 3.05) is 0 Å². The first kappa shape index (κ1) is 11.9. The second-order valence-corrected chi connectivity index (χ2v) is 2.84. The van der Waals surface area contributed by atoms with Crippen molar-refractivity contribution >= 4 is 23.3 Å². The molecule has 0 fully saturated rings. The standard InChI is InChI=1S/C11H7O2.K/c12-6-9-5-8-3-1-2-4-10(8)11(9)7-13;/h1-7H;/q-1;+1. The van der Waals surface area contributed by atoms with Crippen LogP contribution in [0.3, 0.4) is 0 Å². The van der Waals surface area contributed by atoms with Crippen molar-refractivity contribution in [3.8, 4) is 0 Å². The van der Waals surface area contributed by atoms with Crippen LogP contribution in [0.2, 0.25) is 0 Å². The fourth-order valence-corrected chi connectivity index (χ4v) is 1.50. The third kappa shape index (κ3) is 1.92. The Hall–Kier alpha value is -0.194. The van der Waals surface area contributed by atoms with Crippen LogP contribution in [0.5, 0.6) is 0 Å². The predicted molar refractivity (Wildman–Crippen MR) is 50.3 cm³/mol. The summed E-state index contributed by atoms with van der Waals surface area (Å²) in [6, 6.07) is 9.18. The van der Waals surface area contributed by atoms with Crippen LogP contribution in [0, 0.1) is 0 Å². The van der Waals surface area contributed by atoms with Gasteiger partial charge in [-0.3, -0.25) is 0 Å². The molecule has 0 aromatic heterocycles. The number of carbonyl (C=O) groups is 2. The van der Waals surface area contributed by atoms with Gasteiger partial charge >= 0.3 is 51.4 Å². The van der Waals surface area contributed by atoms with Crippen LogP contribution in [0.25, 0.3) is 10.8 Å². The smallest absolute Gasteiger partial charge is 0.344 e. The summed E-state index contributed by atoms with van der Waals surface area (Å²) >= 11 is 0. The van der Waals surface area contributed by atoms with Crippen molar-refractivity contribution in [3.63, 3.8) is 0 Å². The van der Waals surface area contributed by atoms with Crippen LogP contribution in [0.15, 0.2) is 30.3 Å². The monoisotopic (exact) mass is 210 g/mol. The van der Waals surface area contributed by atoms with Gasteiger partial charge in [0.05, 0.1) is 6.29 Å². The number of hydrogen-bond donors (Lipinski definition) is 0. The van der Waals surface area contributed by atoms with Gasteiger partial charge in [0.1, 0.15) is 6.29 Å². The number of fused-ring (bicyclic) bond motifs is 1. The predicted octanol–water partition coefficient (Wildman–Crippen LogP) is -0.812. The van der Waals surface area contributed by atoms with Gasteiger partial charge in [-0.1, -0.05) is 29.3 Å². The van der Waals surface area contributed by atoms with E-state index in [1.165, 1.54) is 0 Å². The molecule has 0 bridgehead atoms. The van der Waals surface area contributed by atoms with Crippen LogP contribution in [-0.4, -0.2) is 12.6 Å². The van der Waals surface area contributed by atoms with Crippen LogP contribution in [0.1, 0.15) is 20.7 Å². The molecule has 0 saturated carbocycles. The molecule has 0 spiro atoms. The number of hydrogen-bond acceptors (Lipinski definition) is 2. The molecule has 0 heterocycles. The summed E-state index contributed by atoms with van der Waals surface area (Å²) in [7, 11) is 0. The van der Waals surface area contributed by atoms with E-state index in [-0.39, 0.29) is 51.4 Å². The average Bonchev–Trinajstić information content (AvgIpc) is 2.55. The molecule has 0 saturated heterocycles. The molecule has 2 aromatic carbocycles. The maximum Gasteiger partial charge on any atom is 1.00 e. The minimum atomic E-state index is 0. The third-order valence-corrected chi connectivity index (χ3v) is 2.12.